The van der Waals surface area contributed by atoms with E-state index in [1.165, 1.54) is 0 Å². The van der Waals surface area contributed by atoms with Crippen molar-refractivity contribution in [3.05, 3.63) is 23.8 Å². The molecule has 1 heterocycles. The Morgan fingerprint density at radius 2 is 2.24 bits per heavy atom. The van der Waals surface area contributed by atoms with Crippen molar-refractivity contribution in [2.45, 2.75) is 26.3 Å². The second-order valence-corrected chi connectivity index (χ2v) is 4.72. The number of hydrogen-bond donors (Lipinski definition) is 2. The molecule has 90 valence electrons. The van der Waals surface area contributed by atoms with Crippen molar-refractivity contribution < 1.29 is 4.79 Å². The molecule has 0 unspecified atom stereocenters. The Balaban J connectivity index is 1.93. The van der Waals surface area contributed by atoms with Crippen LogP contribution in [-0.4, -0.2) is 20.9 Å². The highest BCUT2D eigenvalue weighted by atomic mass is 32.1. The zero-order valence-electron chi connectivity index (χ0n) is 9.56. The number of thiocarbonyl (C=S) groups is 1. The molecule has 1 saturated carbocycles. The van der Waals surface area contributed by atoms with Crippen LogP contribution in [0.3, 0.4) is 0 Å². The quantitative estimate of drug-likeness (QED) is 0.759. The van der Waals surface area contributed by atoms with Crippen LogP contribution in [0.2, 0.25) is 0 Å². The van der Waals surface area contributed by atoms with Crippen LogP contribution < -0.4 is 11.1 Å². The van der Waals surface area contributed by atoms with Gasteiger partial charge in [0.25, 0.3) is 0 Å². The largest absolute Gasteiger partial charge is 0.392 e. The predicted molar refractivity (Wildman–Crippen MR) is 67.1 cm³/mol. The molecule has 0 saturated heterocycles. The predicted octanol–water partition coefficient (Wildman–Crippen LogP) is 0.468. The third kappa shape index (κ3) is 2.41. The van der Waals surface area contributed by atoms with Gasteiger partial charge in [0, 0.05) is 6.20 Å². The van der Waals surface area contributed by atoms with Crippen LogP contribution in [0.15, 0.2) is 12.4 Å². The van der Waals surface area contributed by atoms with E-state index in [4.69, 9.17) is 18.0 Å². The van der Waals surface area contributed by atoms with Crippen molar-refractivity contribution in [2.75, 3.05) is 0 Å². The Labute approximate surface area is 105 Å². The molecule has 17 heavy (non-hydrogen) atoms. The van der Waals surface area contributed by atoms with Crippen LogP contribution in [0.4, 0.5) is 0 Å². The van der Waals surface area contributed by atoms with E-state index in [1.807, 2.05) is 6.92 Å². The van der Waals surface area contributed by atoms with Gasteiger partial charge in [-0.3, -0.25) is 14.8 Å². The summed E-state index contributed by atoms with van der Waals surface area (Å²) >= 11 is 4.91. The number of amides is 1. The van der Waals surface area contributed by atoms with Crippen molar-refractivity contribution in [2.24, 2.45) is 11.1 Å². The molecular formula is C11H14N4OS. The number of carbonyl (C=O) groups excluding carboxylic acids is 1. The van der Waals surface area contributed by atoms with Gasteiger partial charge in [-0.2, -0.15) is 0 Å². The van der Waals surface area contributed by atoms with Gasteiger partial charge < -0.3 is 11.1 Å². The number of hydrogen-bond acceptors (Lipinski definition) is 4. The molecule has 1 aliphatic rings. The second-order valence-electron chi connectivity index (χ2n) is 4.28. The molecule has 1 aromatic heterocycles. The fourth-order valence-electron chi connectivity index (χ4n) is 1.56. The first kappa shape index (κ1) is 11.9. The zero-order chi connectivity index (χ0) is 12.5. The van der Waals surface area contributed by atoms with E-state index >= 15 is 0 Å². The standard InChI is InChI=1S/C11H14N4OS/c1-7-4-14-8(5-13-7)6-15-10(16)11(2-3-11)9(12)17/h4-5H,2-3,6H2,1H3,(H2,12,17)(H,15,16). The monoisotopic (exact) mass is 250 g/mol. The topological polar surface area (TPSA) is 80.9 Å². The Kier molecular flexibility index (Phi) is 3.06. The van der Waals surface area contributed by atoms with Crippen LogP contribution in [0.25, 0.3) is 0 Å². The van der Waals surface area contributed by atoms with E-state index < -0.39 is 5.41 Å². The van der Waals surface area contributed by atoms with E-state index in [0.717, 1.165) is 24.2 Å². The van der Waals surface area contributed by atoms with Gasteiger partial charge in [0.2, 0.25) is 5.91 Å². The van der Waals surface area contributed by atoms with Crippen LogP contribution >= 0.6 is 12.2 Å². The Morgan fingerprint density at radius 3 is 2.71 bits per heavy atom. The average molecular weight is 250 g/mol. The van der Waals surface area contributed by atoms with Gasteiger partial charge in [0.15, 0.2) is 0 Å². The molecule has 1 fully saturated rings. The number of nitrogens with two attached hydrogens (primary N) is 1. The van der Waals surface area contributed by atoms with Crippen LogP contribution in [0.5, 0.6) is 0 Å². The minimum absolute atomic E-state index is 0.104. The lowest BCUT2D eigenvalue weighted by Crippen LogP contribution is -2.39. The highest BCUT2D eigenvalue weighted by Gasteiger charge is 2.52. The Hall–Kier alpha value is -1.56. The van der Waals surface area contributed by atoms with Gasteiger partial charge in [0.05, 0.1) is 34.5 Å². The molecule has 0 spiro atoms. The summed E-state index contributed by atoms with van der Waals surface area (Å²) in [4.78, 5) is 20.4. The van der Waals surface area contributed by atoms with Crippen molar-refractivity contribution in [1.29, 1.82) is 0 Å². The third-order valence-corrected chi connectivity index (χ3v) is 3.31. The van der Waals surface area contributed by atoms with Crippen LogP contribution in [0.1, 0.15) is 24.2 Å². The summed E-state index contributed by atoms with van der Waals surface area (Å²) in [5.41, 5.74) is 6.54. The minimum Gasteiger partial charge on any atom is -0.392 e. The number of aromatic nitrogens is 2. The van der Waals surface area contributed by atoms with Gasteiger partial charge >= 0.3 is 0 Å². The van der Waals surface area contributed by atoms with E-state index in [0.29, 0.717) is 6.54 Å². The fraction of sp³-hybridized carbons (Fsp3) is 0.455. The second kappa shape index (κ2) is 4.37. The van der Waals surface area contributed by atoms with Gasteiger partial charge in [-0.05, 0) is 19.8 Å². The molecule has 0 atom stereocenters. The smallest absolute Gasteiger partial charge is 0.233 e. The van der Waals surface area contributed by atoms with Crippen molar-refractivity contribution in [1.82, 2.24) is 15.3 Å². The van der Waals surface area contributed by atoms with E-state index in [9.17, 15) is 4.79 Å². The average Bonchev–Trinajstić information content (AvgIpc) is 3.09. The molecule has 5 nitrogen and oxygen atoms in total. The van der Waals surface area contributed by atoms with Crippen molar-refractivity contribution in [3.8, 4) is 0 Å². The minimum atomic E-state index is -0.604. The lowest BCUT2D eigenvalue weighted by atomic mass is 10.1. The van der Waals surface area contributed by atoms with Crippen LogP contribution in [0, 0.1) is 12.3 Å². The van der Waals surface area contributed by atoms with Gasteiger partial charge in [-0.25, -0.2) is 0 Å². The molecule has 6 heteroatoms. The van der Waals surface area contributed by atoms with E-state index in [2.05, 4.69) is 15.3 Å². The maximum atomic E-state index is 11.9. The molecule has 1 aromatic rings. The lowest BCUT2D eigenvalue weighted by molar-refractivity contribution is -0.124. The molecule has 0 aliphatic heterocycles. The maximum Gasteiger partial charge on any atom is 0.233 e. The van der Waals surface area contributed by atoms with E-state index in [-0.39, 0.29) is 10.9 Å². The first-order valence-corrected chi connectivity index (χ1v) is 5.81. The fourth-order valence-corrected chi connectivity index (χ4v) is 1.86. The first-order chi connectivity index (χ1) is 8.04. The summed E-state index contributed by atoms with van der Waals surface area (Å²) in [5, 5.41) is 2.79. The molecule has 1 amide bonds. The zero-order valence-corrected chi connectivity index (χ0v) is 10.4. The first-order valence-electron chi connectivity index (χ1n) is 5.40. The molecule has 3 N–H and O–H groups in total. The van der Waals surface area contributed by atoms with E-state index in [1.54, 1.807) is 12.4 Å². The molecule has 1 aliphatic carbocycles. The van der Waals surface area contributed by atoms with Gasteiger partial charge in [-0.1, -0.05) is 12.2 Å². The summed E-state index contributed by atoms with van der Waals surface area (Å²) < 4.78 is 0. The Bertz CT molecular complexity index is 453. The van der Waals surface area contributed by atoms with Gasteiger partial charge in [0.1, 0.15) is 0 Å². The van der Waals surface area contributed by atoms with Gasteiger partial charge in [-0.15, -0.1) is 0 Å². The SMILES string of the molecule is Cc1cnc(CNC(=O)C2(C(N)=S)CC2)cn1. The summed E-state index contributed by atoms with van der Waals surface area (Å²) in [5.74, 6) is -0.104. The number of rotatable bonds is 4. The lowest BCUT2D eigenvalue weighted by Gasteiger charge is -2.13. The molecule has 0 bridgehead atoms. The summed E-state index contributed by atoms with van der Waals surface area (Å²) in [6.45, 7) is 2.22. The normalized spacial score (nSPS) is 16.3. The summed E-state index contributed by atoms with van der Waals surface area (Å²) in [6.07, 6.45) is 4.80. The number of nitrogens with zero attached hydrogens (tertiary/aromatic N) is 2. The van der Waals surface area contributed by atoms with Crippen molar-refractivity contribution in [3.63, 3.8) is 0 Å². The molecule has 2 rings (SSSR count). The maximum absolute atomic E-state index is 11.9. The van der Waals surface area contributed by atoms with Crippen LogP contribution in [-0.2, 0) is 11.3 Å². The summed E-state index contributed by atoms with van der Waals surface area (Å²) in [6, 6.07) is 0. The number of carbonyl (C=O) groups is 1. The molecule has 0 radical (unpaired) electrons. The number of nitrogens with one attached hydrogen (secondary N) is 1. The summed E-state index contributed by atoms with van der Waals surface area (Å²) in [7, 11) is 0. The number of aryl methyl sites for hydroxylation is 1. The molecule has 0 aromatic carbocycles. The highest BCUT2D eigenvalue weighted by Crippen LogP contribution is 2.46. The molecular weight excluding hydrogens is 236 g/mol. The Morgan fingerprint density at radius 1 is 1.53 bits per heavy atom. The third-order valence-electron chi connectivity index (χ3n) is 2.92. The highest BCUT2D eigenvalue weighted by molar-refractivity contribution is 7.80. The van der Waals surface area contributed by atoms with Crippen molar-refractivity contribution >= 4 is 23.1 Å².